The highest BCUT2D eigenvalue weighted by Gasteiger charge is 2.31. The summed E-state index contributed by atoms with van der Waals surface area (Å²) in [5.41, 5.74) is 0.446. The molecule has 3 heterocycles. The third kappa shape index (κ3) is 3.24. The monoisotopic (exact) mass is 333 g/mol. The van der Waals surface area contributed by atoms with Crippen LogP contribution in [0.15, 0.2) is 18.6 Å². The topological polar surface area (TPSA) is 91.6 Å². The van der Waals surface area contributed by atoms with Crippen LogP contribution in [-0.2, 0) is 7.05 Å². The molecule has 1 amide bonds. The fourth-order valence-electron chi connectivity index (χ4n) is 2.60. The van der Waals surface area contributed by atoms with E-state index in [2.05, 4.69) is 15.1 Å². The first kappa shape index (κ1) is 16.0. The minimum atomic E-state index is -0.141. The summed E-state index contributed by atoms with van der Waals surface area (Å²) in [4.78, 5) is 22.5. The lowest BCUT2D eigenvalue weighted by molar-refractivity contribution is 0.0767. The summed E-state index contributed by atoms with van der Waals surface area (Å²) in [6.07, 6.45) is 5.26. The van der Waals surface area contributed by atoms with E-state index in [-0.39, 0.29) is 12.0 Å². The second-order valence-corrected chi connectivity index (χ2v) is 5.41. The number of aromatic nitrogens is 4. The summed E-state index contributed by atoms with van der Waals surface area (Å²) in [5, 5.41) is 4.11. The second-order valence-electron chi connectivity index (χ2n) is 5.41. The molecule has 2 aromatic heterocycles. The molecule has 1 aliphatic rings. The van der Waals surface area contributed by atoms with Gasteiger partial charge in [-0.3, -0.25) is 14.5 Å². The molecule has 1 aliphatic heterocycles. The Hall–Kier alpha value is -2.84. The van der Waals surface area contributed by atoms with Crippen LogP contribution in [0.25, 0.3) is 0 Å². The number of hydrogen-bond acceptors (Lipinski definition) is 7. The zero-order chi connectivity index (χ0) is 17.1. The molecule has 0 aliphatic carbocycles. The standard InChI is InChI=1S/C15H19N5O4/c1-19-9-11(14(18-19)23-3)15(21)20-5-4-10(8-20)24-13-7-16-6-12(17-13)22-2/h6-7,9-10H,4-5,8H2,1-3H3. The Morgan fingerprint density at radius 3 is 2.79 bits per heavy atom. The van der Waals surface area contributed by atoms with Crippen LogP contribution in [0.2, 0.25) is 0 Å². The molecule has 0 radical (unpaired) electrons. The summed E-state index contributed by atoms with van der Waals surface area (Å²) in [5.74, 6) is 0.972. The summed E-state index contributed by atoms with van der Waals surface area (Å²) >= 11 is 0. The van der Waals surface area contributed by atoms with Crippen molar-refractivity contribution in [2.24, 2.45) is 7.05 Å². The largest absolute Gasteiger partial charge is 0.480 e. The number of rotatable bonds is 5. The Morgan fingerprint density at radius 2 is 2.04 bits per heavy atom. The van der Waals surface area contributed by atoms with Crippen LogP contribution >= 0.6 is 0 Å². The van der Waals surface area contributed by atoms with Crippen LogP contribution in [0.4, 0.5) is 0 Å². The lowest BCUT2D eigenvalue weighted by Crippen LogP contribution is -2.31. The van der Waals surface area contributed by atoms with Crippen molar-refractivity contribution < 1.29 is 19.0 Å². The molecule has 1 atom stereocenters. The Labute approximate surface area is 139 Å². The number of carbonyl (C=O) groups is 1. The fraction of sp³-hybridized carbons (Fsp3) is 0.467. The average Bonchev–Trinajstić information content (AvgIpc) is 3.20. The van der Waals surface area contributed by atoms with Gasteiger partial charge in [-0.05, 0) is 0 Å². The van der Waals surface area contributed by atoms with Gasteiger partial charge < -0.3 is 19.1 Å². The van der Waals surface area contributed by atoms with Gasteiger partial charge in [0.1, 0.15) is 11.7 Å². The molecule has 0 spiro atoms. The minimum absolute atomic E-state index is 0.122. The lowest BCUT2D eigenvalue weighted by atomic mass is 10.3. The highest BCUT2D eigenvalue weighted by Crippen LogP contribution is 2.22. The molecule has 0 bridgehead atoms. The van der Waals surface area contributed by atoms with Crippen molar-refractivity contribution in [1.82, 2.24) is 24.6 Å². The van der Waals surface area contributed by atoms with Crippen molar-refractivity contribution in [1.29, 1.82) is 0 Å². The van der Waals surface area contributed by atoms with E-state index >= 15 is 0 Å². The van der Waals surface area contributed by atoms with Gasteiger partial charge in [0.15, 0.2) is 0 Å². The number of ether oxygens (including phenoxy) is 3. The maximum atomic E-state index is 12.6. The summed E-state index contributed by atoms with van der Waals surface area (Å²) in [7, 11) is 4.76. The Balaban J connectivity index is 1.65. The van der Waals surface area contributed by atoms with Gasteiger partial charge >= 0.3 is 0 Å². The van der Waals surface area contributed by atoms with Crippen LogP contribution < -0.4 is 14.2 Å². The van der Waals surface area contributed by atoms with E-state index in [0.29, 0.717) is 42.7 Å². The number of carbonyl (C=O) groups excluding carboxylic acids is 1. The number of likely N-dealkylation sites (tertiary alicyclic amines) is 1. The molecule has 128 valence electrons. The average molecular weight is 333 g/mol. The van der Waals surface area contributed by atoms with Gasteiger partial charge in [-0.2, -0.15) is 4.98 Å². The summed E-state index contributed by atoms with van der Waals surface area (Å²) < 4.78 is 17.5. The molecule has 2 aromatic rings. The number of methoxy groups -OCH3 is 2. The van der Waals surface area contributed by atoms with Gasteiger partial charge in [-0.25, -0.2) is 0 Å². The van der Waals surface area contributed by atoms with Crippen molar-refractivity contribution in [2.75, 3.05) is 27.3 Å². The molecule has 1 fully saturated rings. The summed E-state index contributed by atoms with van der Waals surface area (Å²) in [6, 6.07) is 0. The van der Waals surface area contributed by atoms with Crippen LogP contribution in [-0.4, -0.2) is 64.0 Å². The van der Waals surface area contributed by atoms with Crippen LogP contribution in [0, 0.1) is 0 Å². The third-order valence-corrected chi connectivity index (χ3v) is 3.74. The highest BCUT2D eigenvalue weighted by atomic mass is 16.5. The highest BCUT2D eigenvalue weighted by molar-refractivity contribution is 5.96. The molecule has 0 N–H and O–H groups in total. The molecular formula is C15H19N5O4. The molecule has 1 saturated heterocycles. The van der Waals surface area contributed by atoms with Gasteiger partial charge in [0.05, 0.1) is 33.2 Å². The first-order valence-electron chi connectivity index (χ1n) is 7.50. The van der Waals surface area contributed by atoms with Gasteiger partial charge in [-0.1, -0.05) is 0 Å². The molecule has 9 heteroatoms. The molecule has 9 nitrogen and oxygen atoms in total. The smallest absolute Gasteiger partial charge is 0.261 e. The predicted octanol–water partition coefficient (Wildman–Crippen LogP) is 0.521. The van der Waals surface area contributed by atoms with E-state index in [1.165, 1.54) is 26.6 Å². The number of hydrogen-bond donors (Lipinski definition) is 0. The normalized spacial score (nSPS) is 17.0. The molecule has 24 heavy (non-hydrogen) atoms. The minimum Gasteiger partial charge on any atom is -0.480 e. The molecule has 3 rings (SSSR count). The van der Waals surface area contributed by atoms with E-state index in [4.69, 9.17) is 14.2 Å². The van der Waals surface area contributed by atoms with Crippen LogP contribution in [0.5, 0.6) is 17.6 Å². The van der Waals surface area contributed by atoms with Gasteiger partial charge in [0.2, 0.25) is 17.6 Å². The third-order valence-electron chi connectivity index (χ3n) is 3.74. The van der Waals surface area contributed by atoms with Crippen LogP contribution in [0.3, 0.4) is 0 Å². The van der Waals surface area contributed by atoms with Crippen molar-refractivity contribution in [3.05, 3.63) is 24.2 Å². The fourth-order valence-corrected chi connectivity index (χ4v) is 2.60. The van der Waals surface area contributed by atoms with Crippen LogP contribution in [0.1, 0.15) is 16.8 Å². The number of aryl methyl sites for hydroxylation is 1. The SMILES string of the molecule is COc1cncc(OC2CCN(C(=O)c3cn(C)nc3OC)C2)n1. The first-order chi connectivity index (χ1) is 11.6. The van der Waals surface area contributed by atoms with Crippen molar-refractivity contribution in [2.45, 2.75) is 12.5 Å². The lowest BCUT2D eigenvalue weighted by Gasteiger charge is -2.16. The molecular weight excluding hydrogens is 314 g/mol. The van der Waals surface area contributed by atoms with Gasteiger partial charge in [-0.15, -0.1) is 5.10 Å². The van der Waals surface area contributed by atoms with E-state index in [9.17, 15) is 4.79 Å². The maximum Gasteiger partial charge on any atom is 0.261 e. The molecule has 0 saturated carbocycles. The number of amides is 1. The van der Waals surface area contributed by atoms with Gasteiger partial charge in [0.25, 0.3) is 5.91 Å². The van der Waals surface area contributed by atoms with E-state index in [1.807, 2.05) is 0 Å². The zero-order valence-electron chi connectivity index (χ0n) is 13.8. The molecule has 1 unspecified atom stereocenters. The Morgan fingerprint density at radius 1 is 1.25 bits per heavy atom. The second kappa shape index (κ2) is 6.73. The maximum absolute atomic E-state index is 12.6. The van der Waals surface area contributed by atoms with Crippen molar-refractivity contribution in [3.8, 4) is 17.6 Å². The van der Waals surface area contributed by atoms with E-state index in [0.717, 1.165) is 0 Å². The van der Waals surface area contributed by atoms with Crippen molar-refractivity contribution >= 4 is 5.91 Å². The number of nitrogens with zero attached hydrogens (tertiary/aromatic N) is 5. The van der Waals surface area contributed by atoms with Crippen molar-refractivity contribution in [3.63, 3.8) is 0 Å². The Bertz CT molecular complexity index is 732. The zero-order valence-corrected chi connectivity index (χ0v) is 13.8. The van der Waals surface area contributed by atoms with E-state index in [1.54, 1.807) is 22.8 Å². The van der Waals surface area contributed by atoms with E-state index < -0.39 is 0 Å². The first-order valence-corrected chi connectivity index (χ1v) is 7.50. The van der Waals surface area contributed by atoms with Gasteiger partial charge in [0, 0.05) is 26.2 Å². The quantitative estimate of drug-likeness (QED) is 0.787. The Kier molecular flexibility index (Phi) is 4.50. The summed E-state index contributed by atoms with van der Waals surface area (Å²) in [6.45, 7) is 1.06. The predicted molar refractivity (Wildman–Crippen MR) is 83.3 cm³/mol. The molecule has 0 aromatic carbocycles.